The van der Waals surface area contributed by atoms with E-state index in [9.17, 15) is 13.0 Å². The van der Waals surface area contributed by atoms with Crippen LogP contribution in [0.1, 0.15) is 11.3 Å². The molecule has 7 heteroatoms. The number of fused-ring (bicyclic) bond motifs is 5. The van der Waals surface area contributed by atoms with E-state index in [1.54, 1.807) is 12.1 Å². The average Bonchev–Trinajstić information content (AvgIpc) is 3.23. The number of hydrogen-bond acceptors (Lipinski definition) is 4. The normalized spacial score (nSPS) is 11.5. The van der Waals surface area contributed by atoms with Gasteiger partial charge in [0, 0.05) is 28.5 Å². The van der Waals surface area contributed by atoms with Gasteiger partial charge in [0.25, 0.3) is 5.52 Å². The molecule has 0 fully saturated rings. The van der Waals surface area contributed by atoms with Crippen LogP contribution in [0.15, 0.2) is 102 Å². The maximum absolute atomic E-state index is 10.4. The van der Waals surface area contributed by atoms with Gasteiger partial charge in [-0.2, -0.15) is 5.10 Å². The Morgan fingerprint density at radius 2 is 1.51 bits per heavy atom. The second-order valence-corrected chi connectivity index (χ2v) is 9.77. The van der Waals surface area contributed by atoms with Crippen molar-refractivity contribution in [2.75, 3.05) is 0 Å². The fraction of sp³-hybridized carbons (Fsp3) is 0.0714. The molecule has 0 spiro atoms. The fourth-order valence-corrected chi connectivity index (χ4v) is 4.63. The lowest BCUT2D eigenvalue weighted by molar-refractivity contribution is -0.580. The molecule has 0 unspecified atom stereocenters. The second-order valence-electron chi connectivity index (χ2n) is 8.39. The first kappa shape index (κ1) is 22.7. The van der Waals surface area contributed by atoms with Crippen LogP contribution in [0.25, 0.3) is 38.4 Å². The molecule has 0 aliphatic rings. The molecular weight excluding hydrogens is 458 g/mol. The van der Waals surface area contributed by atoms with Gasteiger partial charge in [-0.3, -0.25) is 0 Å². The Labute approximate surface area is 203 Å². The molecule has 0 bridgehead atoms. The smallest absolute Gasteiger partial charge is 0.262 e. The predicted molar refractivity (Wildman–Crippen MR) is 136 cm³/mol. The highest BCUT2D eigenvalue weighted by Crippen LogP contribution is 2.29. The zero-order chi connectivity index (χ0) is 24.6. The van der Waals surface area contributed by atoms with E-state index in [1.165, 1.54) is 34.0 Å². The maximum Gasteiger partial charge on any atom is 0.262 e. The molecule has 0 amide bonds. The van der Waals surface area contributed by atoms with Crippen LogP contribution in [-0.2, 0) is 10.1 Å². The number of pyridine rings is 1. The van der Waals surface area contributed by atoms with E-state index in [4.69, 9.17) is 4.98 Å². The lowest BCUT2D eigenvalue weighted by atomic mass is 10.0. The molecule has 0 atom stereocenters. The summed E-state index contributed by atoms with van der Waals surface area (Å²) in [6.45, 7) is 3.93. The van der Waals surface area contributed by atoms with Crippen molar-refractivity contribution in [3.05, 3.63) is 108 Å². The number of aromatic nitrogens is 3. The summed E-state index contributed by atoms with van der Waals surface area (Å²) in [5, 5.41) is 5.87. The van der Waals surface area contributed by atoms with Crippen molar-refractivity contribution < 1.29 is 17.5 Å². The number of nitrogens with zero attached hydrogens (tertiary/aromatic N) is 2. The van der Waals surface area contributed by atoms with E-state index in [0.29, 0.717) is 0 Å². The molecule has 6 rings (SSSR count). The molecule has 3 aromatic heterocycles. The summed E-state index contributed by atoms with van der Waals surface area (Å²) in [4.78, 5) is 4.69. The van der Waals surface area contributed by atoms with E-state index in [-0.39, 0.29) is 4.90 Å². The van der Waals surface area contributed by atoms with E-state index < -0.39 is 10.1 Å². The van der Waals surface area contributed by atoms with Gasteiger partial charge in [0.15, 0.2) is 0 Å². The summed E-state index contributed by atoms with van der Waals surface area (Å²) in [5.74, 6) is 0. The first-order valence-electron chi connectivity index (χ1n) is 11.1. The minimum absolute atomic E-state index is 0.178. The third-order valence-electron chi connectivity index (χ3n) is 5.94. The van der Waals surface area contributed by atoms with Crippen molar-refractivity contribution in [2.45, 2.75) is 18.7 Å². The van der Waals surface area contributed by atoms with Crippen LogP contribution in [-0.4, -0.2) is 23.1 Å². The summed E-state index contributed by atoms with van der Waals surface area (Å²) in [7, 11) is -4.27. The Kier molecular flexibility index (Phi) is 5.80. The van der Waals surface area contributed by atoms with Gasteiger partial charge in [-0.25, -0.2) is 13.4 Å². The van der Waals surface area contributed by atoms with Crippen molar-refractivity contribution in [3.8, 4) is 11.1 Å². The van der Waals surface area contributed by atoms with E-state index >= 15 is 0 Å². The van der Waals surface area contributed by atoms with E-state index in [1.807, 2.05) is 19.1 Å². The first-order valence-corrected chi connectivity index (χ1v) is 12.5. The van der Waals surface area contributed by atoms with Crippen LogP contribution in [0, 0.1) is 13.8 Å². The summed E-state index contributed by atoms with van der Waals surface area (Å²) in [6.07, 6.45) is 2.08. The van der Waals surface area contributed by atoms with Crippen LogP contribution in [0.5, 0.6) is 0 Å². The number of benzene rings is 3. The lowest BCUT2D eigenvalue weighted by Gasteiger charge is -2.05. The van der Waals surface area contributed by atoms with Gasteiger partial charge >= 0.3 is 0 Å². The van der Waals surface area contributed by atoms with Gasteiger partial charge in [0.1, 0.15) is 15.6 Å². The summed E-state index contributed by atoms with van der Waals surface area (Å²) >= 11 is 0. The maximum atomic E-state index is 10.4. The lowest BCUT2D eigenvalue weighted by Crippen LogP contribution is -2.27. The molecule has 1 N–H and O–H groups in total. The Bertz CT molecular complexity index is 1780. The van der Waals surface area contributed by atoms with Gasteiger partial charge in [0.2, 0.25) is 6.20 Å². The minimum Gasteiger partial charge on any atom is -0.744 e. The molecule has 0 aliphatic carbocycles. The van der Waals surface area contributed by atoms with Gasteiger partial charge in [-0.15, -0.1) is 0 Å². The Hall–Kier alpha value is -4.07. The molecule has 0 saturated carbocycles. The van der Waals surface area contributed by atoms with Crippen LogP contribution in [0.3, 0.4) is 0 Å². The van der Waals surface area contributed by atoms with E-state index in [2.05, 4.69) is 77.3 Å². The summed E-state index contributed by atoms with van der Waals surface area (Å²) in [5.41, 5.74) is 7.64. The number of aryl methyl sites for hydroxylation is 2. The number of H-pyrrole nitrogens is 1. The average molecular weight is 482 g/mol. The molecule has 3 aromatic carbocycles. The van der Waals surface area contributed by atoms with Crippen molar-refractivity contribution in [2.24, 2.45) is 0 Å². The Morgan fingerprint density at radius 1 is 0.829 bits per heavy atom. The highest BCUT2D eigenvalue weighted by atomic mass is 32.2. The monoisotopic (exact) mass is 481 g/mol. The zero-order valence-corrected chi connectivity index (χ0v) is 20.1. The Morgan fingerprint density at radius 3 is 2.23 bits per heavy atom. The largest absolute Gasteiger partial charge is 0.744 e. The first-order chi connectivity index (χ1) is 16.8. The molecule has 0 aliphatic heterocycles. The number of para-hydroxylation sites is 1. The highest BCUT2D eigenvalue weighted by molar-refractivity contribution is 7.85. The predicted octanol–water partition coefficient (Wildman–Crippen LogP) is 5.33. The number of nitrogens with one attached hydrogen (secondary N) is 1. The standard InChI is InChI=1S/C21H15N3.C7H8O3S/c1-14-18(15-7-3-2-4-8-15)13-20-21-17(11-12-24(20)23-14)16-9-5-6-10-19(16)22-21;1-6-2-4-7(5-3-6)11(8,9)10/h2-13H,1H3;2-5H,1H3,(H,8,9,10). The summed E-state index contributed by atoms with van der Waals surface area (Å²) in [6, 6.07) is 28.9. The Balaban J connectivity index is 0.000000195. The van der Waals surface area contributed by atoms with Crippen LogP contribution in [0.2, 0.25) is 0 Å². The van der Waals surface area contributed by atoms with Gasteiger partial charge in [-0.1, -0.05) is 70.7 Å². The molecule has 0 radical (unpaired) electrons. The molecule has 6 aromatic rings. The van der Waals surface area contributed by atoms with Crippen LogP contribution >= 0.6 is 0 Å². The van der Waals surface area contributed by atoms with Crippen LogP contribution < -0.4 is 4.52 Å². The molecular formula is C28H23N3O3S. The molecule has 0 saturated heterocycles. The topological polar surface area (TPSA) is 90.0 Å². The van der Waals surface area contributed by atoms with E-state index in [0.717, 1.165) is 27.8 Å². The third-order valence-corrected chi connectivity index (χ3v) is 6.79. The van der Waals surface area contributed by atoms with Gasteiger partial charge in [-0.05, 0) is 37.6 Å². The second kappa shape index (κ2) is 8.94. The third kappa shape index (κ3) is 4.51. The van der Waals surface area contributed by atoms with Crippen molar-refractivity contribution in [1.82, 2.24) is 10.1 Å². The van der Waals surface area contributed by atoms with Crippen LogP contribution in [0.4, 0.5) is 0 Å². The molecule has 6 nitrogen and oxygen atoms in total. The van der Waals surface area contributed by atoms with Gasteiger partial charge < -0.3 is 4.55 Å². The quantitative estimate of drug-likeness (QED) is 0.267. The molecule has 174 valence electrons. The SMILES string of the molecule is Cc1[nH][n+]2ccc3c4ccccc4nc3c2cc1-c1ccccc1.Cc1ccc(S(=O)(=O)[O-])cc1. The zero-order valence-electron chi connectivity index (χ0n) is 19.3. The fourth-order valence-electron chi connectivity index (χ4n) is 4.16. The minimum atomic E-state index is -4.27. The van der Waals surface area contributed by atoms with Gasteiger partial charge in [0.05, 0.1) is 16.1 Å². The molecule has 35 heavy (non-hydrogen) atoms. The number of hydrogen-bond donors (Lipinski definition) is 1. The summed E-state index contributed by atoms with van der Waals surface area (Å²) < 4.78 is 33.2. The van der Waals surface area contributed by atoms with Crippen molar-refractivity contribution >= 4 is 37.4 Å². The van der Waals surface area contributed by atoms with Crippen molar-refractivity contribution in [3.63, 3.8) is 0 Å². The van der Waals surface area contributed by atoms with Crippen molar-refractivity contribution in [1.29, 1.82) is 0 Å². The number of aromatic amines is 1. The highest BCUT2D eigenvalue weighted by Gasteiger charge is 2.17. The molecule has 3 heterocycles. The number of rotatable bonds is 2.